The number of alkyl halides is 3. The second kappa shape index (κ2) is 8.44. The van der Waals surface area contributed by atoms with Crippen molar-refractivity contribution in [1.82, 2.24) is 0 Å². The first-order valence-corrected chi connectivity index (χ1v) is 7.95. The molecular formula is C20H18F3NO3. The van der Waals surface area contributed by atoms with Gasteiger partial charge in [-0.25, -0.2) is 4.79 Å². The van der Waals surface area contributed by atoms with Gasteiger partial charge in [-0.3, -0.25) is 0 Å². The first-order chi connectivity index (χ1) is 12.7. The van der Waals surface area contributed by atoms with Crippen molar-refractivity contribution >= 4 is 34.8 Å². The number of fused-ring (bicyclic) bond motifs is 1. The summed E-state index contributed by atoms with van der Waals surface area (Å²) in [6.07, 6.45) is -1.02. The van der Waals surface area contributed by atoms with Gasteiger partial charge >= 0.3 is 12.1 Å². The maximum absolute atomic E-state index is 10.6. The van der Waals surface area contributed by atoms with Crippen molar-refractivity contribution in [2.75, 3.05) is 12.4 Å². The van der Waals surface area contributed by atoms with Gasteiger partial charge in [-0.1, -0.05) is 30.3 Å². The number of nitrogens with one attached hydrogen (secondary N) is 1. The van der Waals surface area contributed by atoms with E-state index in [9.17, 15) is 13.2 Å². The number of halogens is 3. The van der Waals surface area contributed by atoms with Crippen LogP contribution in [0.25, 0.3) is 23.1 Å². The number of carboxylic acids is 1. The van der Waals surface area contributed by atoms with E-state index < -0.39 is 12.1 Å². The number of aliphatic carboxylic acids is 1. The summed E-state index contributed by atoms with van der Waals surface area (Å²) < 4.78 is 37.6. The Hall–Kier alpha value is -3.22. The summed E-state index contributed by atoms with van der Waals surface area (Å²) in [4.78, 5) is 8.90. The van der Waals surface area contributed by atoms with Gasteiger partial charge in [0, 0.05) is 18.1 Å². The fourth-order valence-corrected chi connectivity index (χ4v) is 2.18. The van der Waals surface area contributed by atoms with Gasteiger partial charge in [0.15, 0.2) is 0 Å². The molecule has 0 saturated heterocycles. The molecule has 1 heterocycles. The highest BCUT2D eigenvalue weighted by Crippen LogP contribution is 2.22. The fraction of sp³-hybridized carbons (Fsp3) is 0.150. The van der Waals surface area contributed by atoms with Crippen LogP contribution in [0.3, 0.4) is 0 Å². The van der Waals surface area contributed by atoms with Gasteiger partial charge in [0.05, 0.1) is 0 Å². The Balaban J connectivity index is 0.000000321. The zero-order valence-corrected chi connectivity index (χ0v) is 14.7. The van der Waals surface area contributed by atoms with Crippen LogP contribution in [0.15, 0.2) is 52.9 Å². The molecule has 3 rings (SSSR count). The Labute approximate surface area is 153 Å². The molecule has 0 amide bonds. The van der Waals surface area contributed by atoms with E-state index in [1.165, 1.54) is 5.56 Å². The van der Waals surface area contributed by atoms with E-state index in [-0.39, 0.29) is 0 Å². The summed E-state index contributed by atoms with van der Waals surface area (Å²) in [6, 6.07) is 16.6. The Kier molecular flexibility index (Phi) is 6.28. The first-order valence-electron chi connectivity index (χ1n) is 7.95. The van der Waals surface area contributed by atoms with Gasteiger partial charge in [0.1, 0.15) is 11.3 Å². The van der Waals surface area contributed by atoms with Crippen molar-refractivity contribution in [3.05, 3.63) is 65.4 Å². The van der Waals surface area contributed by atoms with E-state index in [1.54, 1.807) is 0 Å². The zero-order valence-electron chi connectivity index (χ0n) is 14.7. The highest BCUT2D eigenvalue weighted by Gasteiger charge is 2.38. The molecule has 0 bridgehead atoms. The normalized spacial score (nSPS) is 11.3. The number of rotatable bonds is 3. The second-order valence-corrected chi connectivity index (χ2v) is 5.70. The van der Waals surface area contributed by atoms with Crippen molar-refractivity contribution in [1.29, 1.82) is 0 Å². The third-order valence-corrected chi connectivity index (χ3v) is 3.58. The van der Waals surface area contributed by atoms with Crippen LogP contribution in [0.4, 0.5) is 18.9 Å². The Morgan fingerprint density at radius 1 is 1.07 bits per heavy atom. The smallest absolute Gasteiger partial charge is 0.475 e. The lowest BCUT2D eigenvalue weighted by atomic mass is 10.1. The number of carbonyl (C=O) groups is 1. The van der Waals surface area contributed by atoms with Crippen LogP contribution in [0.5, 0.6) is 0 Å². The molecule has 2 N–H and O–H groups in total. The topological polar surface area (TPSA) is 62.5 Å². The maximum atomic E-state index is 10.6. The molecule has 7 heteroatoms. The van der Waals surface area contributed by atoms with Gasteiger partial charge in [-0.2, -0.15) is 13.2 Å². The monoisotopic (exact) mass is 377 g/mol. The summed E-state index contributed by atoms with van der Waals surface area (Å²) in [5.74, 6) is -1.88. The molecular weight excluding hydrogens is 359 g/mol. The molecule has 0 saturated carbocycles. The molecule has 0 spiro atoms. The largest absolute Gasteiger partial charge is 0.490 e. The predicted octanol–water partition coefficient (Wildman–Crippen LogP) is 5.59. The number of carboxylic acid groups (broad SMARTS) is 1. The number of hydrogen-bond acceptors (Lipinski definition) is 3. The van der Waals surface area contributed by atoms with Crippen molar-refractivity contribution in [2.45, 2.75) is 13.1 Å². The second-order valence-electron chi connectivity index (χ2n) is 5.70. The Morgan fingerprint density at radius 2 is 1.70 bits per heavy atom. The molecule has 0 unspecified atom stereocenters. The molecule has 0 radical (unpaired) electrons. The van der Waals surface area contributed by atoms with Crippen molar-refractivity contribution < 1.29 is 27.5 Å². The van der Waals surface area contributed by atoms with Crippen LogP contribution in [0, 0.1) is 6.92 Å². The third kappa shape index (κ3) is 5.91. The molecule has 0 atom stereocenters. The van der Waals surface area contributed by atoms with Gasteiger partial charge < -0.3 is 14.8 Å². The lowest BCUT2D eigenvalue weighted by molar-refractivity contribution is -0.192. The molecule has 0 aliphatic rings. The number of hydrogen-bond donors (Lipinski definition) is 2. The van der Waals surface area contributed by atoms with E-state index in [4.69, 9.17) is 14.3 Å². The van der Waals surface area contributed by atoms with Gasteiger partial charge in [0.25, 0.3) is 0 Å². The SMILES string of the molecule is CNc1ccc(C=Cc2cc3ccc(C)cc3o2)cc1.O=C(O)C(F)(F)F. The van der Waals surface area contributed by atoms with E-state index in [2.05, 4.69) is 66.8 Å². The van der Waals surface area contributed by atoms with E-state index in [0.29, 0.717) is 0 Å². The minimum absolute atomic E-state index is 0.878. The fourth-order valence-electron chi connectivity index (χ4n) is 2.18. The molecule has 0 aliphatic heterocycles. The van der Waals surface area contributed by atoms with Crippen LogP contribution < -0.4 is 5.32 Å². The standard InChI is InChI=1S/C18H17NO.C2HF3O2/c1-13-3-7-15-12-17(20-18(15)11-13)10-6-14-4-8-16(19-2)9-5-14;3-2(4,5)1(6)7/h3-12,19H,1-2H3;(H,6,7). The summed E-state index contributed by atoms with van der Waals surface area (Å²) in [5.41, 5.74) is 4.42. The van der Waals surface area contributed by atoms with Crippen molar-refractivity contribution in [3.63, 3.8) is 0 Å². The highest BCUT2D eigenvalue weighted by molar-refractivity contribution is 5.82. The van der Waals surface area contributed by atoms with E-state index in [0.717, 1.165) is 28.0 Å². The average molecular weight is 377 g/mol. The predicted molar refractivity (Wildman–Crippen MR) is 99.6 cm³/mol. The molecule has 0 fully saturated rings. The minimum atomic E-state index is -5.08. The van der Waals surface area contributed by atoms with Gasteiger partial charge in [-0.05, 0) is 48.4 Å². The molecule has 0 aliphatic carbocycles. The van der Waals surface area contributed by atoms with Crippen LogP contribution in [-0.4, -0.2) is 24.3 Å². The van der Waals surface area contributed by atoms with Crippen LogP contribution in [0.2, 0.25) is 0 Å². The number of aryl methyl sites for hydroxylation is 1. The molecule has 2 aromatic carbocycles. The minimum Gasteiger partial charge on any atom is -0.475 e. The summed E-state index contributed by atoms with van der Waals surface area (Å²) in [5, 5.41) is 11.4. The molecule has 3 aromatic rings. The maximum Gasteiger partial charge on any atom is 0.490 e. The highest BCUT2D eigenvalue weighted by atomic mass is 19.4. The van der Waals surface area contributed by atoms with E-state index in [1.807, 2.05) is 13.1 Å². The Morgan fingerprint density at radius 3 is 2.26 bits per heavy atom. The molecule has 1 aromatic heterocycles. The summed E-state index contributed by atoms with van der Waals surface area (Å²) in [6.45, 7) is 2.07. The molecule has 142 valence electrons. The van der Waals surface area contributed by atoms with E-state index >= 15 is 0 Å². The van der Waals surface area contributed by atoms with Crippen molar-refractivity contribution in [3.8, 4) is 0 Å². The number of anilines is 1. The lowest BCUT2D eigenvalue weighted by Gasteiger charge is -1.98. The molecule has 4 nitrogen and oxygen atoms in total. The van der Waals surface area contributed by atoms with Gasteiger partial charge in [-0.15, -0.1) is 0 Å². The lowest BCUT2D eigenvalue weighted by Crippen LogP contribution is -2.21. The zero-order chi connectivity index (χ0) is 20.0. The number of benzene rings is 2. The third-order valence-electron chi connectivity index (χ3n) is 3.58. The Bertz CT molecular complexity index is 941. The van der Waals surface area contributed by atoms with Crippen molar-refractivity contribution in [2.24, 2.45) is 0 Å². The van der Waals surface area contributed by atoms with Gasteiger partial charge in [0.2, 0.25) is 0 Å². The molecule has 27 heavy (non-hydrogen) atoms. The summed E-state index contributed by atoms with van der Waals surface area (Å²) in [7, 11) is 1.92. The van der Waals surface area contributed by atoms with Crippen LogP contribution in [-0.2, 0) is 4.79 Å². The van der Waals surface area contributed by atoms with Crippen LogP contribution >= 0.6 is 0 Å². The first kappa shape index (κ1) is 20.1. The average Bonchev–Trinajstić information content (AvgIpc) is 3.02. The van der Waals surface area contributed by atoms with Crippen LogP contribution in [0.1, 0.15) is 16.9 Å². The number of furan rings is 1. The quantitative estimate of drug-likeness (QED) is 0.625. The summed E-state index contributed by atoms with van der Waals surface area (Å²) >= 11 is 0.